The van der Waals surface area contributed by atoms with E-state index in [-0.39, 0.29) is 5.88 Å². The van der Waals surface area contributed by atoms with Gasteiger partial charge >= 0.3 is 6.09 Å². The number of rotatable bonds is 9. The molecule has 8 nitrogen and oxygen atoms in total. The van der Waals surface area contributed by atoms with Crippen molar-refractivity contribution in [2.45, 2.75) is 26.4 Å². The monoisotopic (exact) mass is 568 g/mol. The molecule has 3 rings (SSSR count). The molecule has 39 heavy (non-hydrogen) atoms. The molecule has 10 heteroatoms. The highest BCUT2D eigenvalue weighted by atomic mass is 35.5. The average molecular weight is 569 g/mol. The van der Waals surface area contributed by atoms with Gasteiger partial charge in [-0.1, -0.05) is 59.6 Å². The minimum atomic E-state index is -0.572. The van der Waals surface area contributed by atoms with Crippen LogP contribution in [0, 0.1) is 0 Å². The number of pyridine rings is 1. The zero-order valence-corrected chi connectivity index (χ0v) is 23.6. The molecule has 0 saturated carbocycles. The van der Waals surface area contributed by atoms with Crippen LogP contribution >= 0.6 is 23.2 Å². The number of carbonyl (C=O) groups excluding carboxylic acids is 2. The minimum absolute atomic E-state index is 0.210. The standard InChI is InChI=1S/C29H30Cl2N4O4/c1-29(2,3)39-28(37)34-14-13-33-16-19(15-32)20-7-5-8-21(25(20)30)22-9-6-10-23(26(22)31)24-12-11-18(17-36)27(35-24)38-4/h5-12,15-17H,13-14,32H2,1-4H3,(H,34,37)/b19-15+,33-16?. The van der Waals surface area contributed by atoms with Gasteiger partial charge in [-0.25, -0.2) is 9.78 Å². The van der Waals surface area contributed by atoms with E-state index < -0.39 is 11.7 Å². The predicted molar refractivity (Wildman–Crippen MR) is 157 cm³/mol. The van der Waals surface area contributed by atoms with Crippen LogP contribution in [0.1, 0.15) is 36.7 Å². The molecule has 0 fully saturated rings. The van der Waals surface area contributed by atoms with Gasteiger partial charge in [0.25, 0.3) is 0 Å². The third-order valence-electron chi connectivity index (χ3n) is 5.40. The number of nitrogens with one attached hydrogen (secondary N) is 1. The Kier molecular flexibility index (Phi) is 10.1. The number of halogens is 2. The van der Waals surface area contributed by atoms with Crippen LogP contribution in [0.5, 0.6) is 5.88 Å². The molecule has 0 aliphatic rings. The molecular weight excluding hydrogens is 539 g/mol. The maximum absolute atomic E-state index is 11.8. The second kappa shape index (κ2) is 13.3. The maximum Gasteiger partial charge on any atom is 0.407 e. The molecule has 3 aromatic rings. The molecule has 1 heterocycles. The molecule has 1 aromatic heterocycles. The maximum atomic E-state index is 11.8. The number of carbonyl (C=O) groups is 2. The number of nitrogens with zero attached hydrogens (tertiary/aromatic N) is 2. The molecule has 0 unspecified atom stereocenters. The number of methoxy groups -OCH3 is 1. The van der Waals surface area contributed by atoms with Crippen molar-refractivity contribution in [3.8, 4) is 28.3 Å². The molecule has 0 saturated heterocycles. The summed E-state index contributed by atoms with van der Waals surface area (Å²) < 4.78 is 10.5. The molecule has 0 aliphatic heterocycles. The Hall–Kier alpha value is -3.88. The lowest BCUT2D eigenvalue weighted by molar-refractivity contribution is 0.0529. The van der Waals surface area contributed by atoms with Crippen LogP contribution in [0.2, 0.25) is 10.0 Å². The van der Waals surface area contributed by atoms with Crippen molar-refractivity contribution in [3.05, 3.63) is 75.9 Å². The molecule has 0 bridgehead atoms. The molecule has 1 amide bonds. The SMILES string of the molecule is COc1nc(-c2cccc(-c3cccc(/C(C=NCCNC(=O)OC(C)(C)C)=C/N)c3Cl)c2Cl)ccc1C=O. The van der Waals surface area contributed by atoms with E-state index in [9.17, 15) is 9.59 Å². The summed E-state index contributed by atoms with van der Waals surface area (Å²) in [4.78, 5) is 31.8. The molecule has 2 aromatic carbocycles. The van der Waals surface area contributed by atoms with Gasteiger partial charge in [-0.3, -0.25) is 9.79 Å². The highest BCUT2D eigenvalue weighted by Crippen LogP contribution is 2.41. The number of hydrogen-bond acceptors (Lipinski definition) is 7. The molecule has 3 N–H and O–H groups in total. The summed E-state index contributed by atoms with van der Waals surface area (Å²) in [5.41, 5.74) is 9.52. The van der Waals surface area contributed by atoms with E-state index in [4.69, 9.17) is 38.4 Å². The number of allylic oxidation sites excluding steroid dienone is 1. The topological polar surface area (TPSA) is 116 Å². The molecule has 0 atom stereocenters. The van der Waals surface area contributed by atoms with Gasteiger partial charge in [0.1, 0.15) is 5.60 Å². The summed E-state index contributed by atoms with van der Waals surface area (Å²) in [5.74, 6) is 0.210. The second-order valence-corrected chi connectivity index (χ2v) is 10.1. The number of aromatic nitrogens is 1. The van der Waals surface area contributed by atoms with E-state index in [2.05, 4.69) is 15.3 Å². The van der Waals surface area contributed by atoms with Gasteiger partial charge in [-0.2, -0.15) is 0 Å². The van der Waals surface area contributed by atoms with Gasteiger partial charge in [0.15, 0.2) is 6.29 Å². The van der Waals surface area contributed by atoms with Crippen molar-refractivity contribution < 1.29 is 19.1 Å². The van der Waals surface area contributed by atoms with Crippen LogP contribution in [0.25, 0.3) is 28.0 Å². The quantitative estimate of drug-likeness (QED) is 0.174. The van der Waals surface area contributed by atoms with Crippen molar-refractivity contribution in [2.24, 2.45) is 10.7 Å². The number of amides is 1. The smallest absolute Gasteiger partial charge is 0.407 e. The van der Waals surface area contributed by atoms with Crippen molar-refractivity contribution >= 4 is 47.4 Å². The predicted octanol–water partition coefficient (Wildman–Crippen LogP) is 6.44. The van der Waals surface area contributed by atoms with Gasteiger partial charge < -0.3 is 20.5 Å². The number of benzene rings is 2. The number of ether oxygens (including phenoxy) is 2. The highest BCUT2D eigenvalue weighted by Gasteiger charge is 2.18. The fourth-order valence-electron chi connectivity index (χ4n) is 3.66. The molecule has 204 valence electrons. The van der Waals surface area contributed by atoms with E-state index in [0.717, 1.165) is 0 Å². The van der Waals surface area contributed by atoms with Crippen molar-refractivity contribution in [3.63, 3.8) is 0 Å². The summed E-state index contributed by atoms with van der Waals surface area (Å²) in [6.07, 6.45) is 3.20. The highest BCUT2D eigenvalue weighted by molar-refractivity contribution is 6.39. The number of alkyl carbamates (subject to hydrolysis) is 1. The third-order valence-corrected chi connectivity index (χ3v) is 6.22. The summed E-state index contributed by atoms with van der Waals surface area (Å²) >= 11 is 13.7. The lowest BCUT2D eigenvalue weighted by Gasteiger charge is -2.19. The first kappa shape index (κ1) is 29.7. The van der Waals surface area contributed by atoms with Crippen molar-refractivity contribution in [1.82, 2.24) is 10.3 Å². The largest absolute Gasteiger partial charge is 0.480 e. The number of aldehydes is 1. The molecule has 0 spiro atoms. The Balaban J connectivity index is 1.85. The van der Waals surface area contributed by atoms with E-state index >= 15 is 0 Å². The Morgan fingerprint density at radius 1 is 1.05 bits per heavy atom. The van der Waals surface area contributed by atoms with E-state index in [0.29, 0.717) is 68.5 Å². The van der Waals surface area contributed by atoms with Gasteiger partial charge in [-0.15, -0.1) is 0 Å². The van der Waals surface area contributed by atoms with Crippen molar-refractivity contribution in [2.75, 3.05) is 20.2 Å². The first-order chi connectivity index (χ1) is 18.6. The Morgan fingerprint density at radius 2 is 1.72 bits per heavy atom. The van der Waals surface area contributed by atoms with Crippen LogP contribution in [0.4, 0.5) is 4.79 Å². The van der Waals surface area contributed by atoms with Gasteiger partial charge in [-0.05, 0) is 32.9 Å². The average Bonchev–Trinajstić information content (AvgIpc) is 2.90. The molecular formula is C29H30Cl2N4O4. The van der Waals surface area contributed by atoms with Gasteiger partial charge in [0, 0.05) is 46.8 Å². The second-order valence-electron chi connectivity index (χ2n) is 9.33. The first-order valence-corrected chi connectivity index (χ1v) is 12.8. The van der Waals surface area contributed by atoms with E-state index in [1.807, 2.05) is 36.4 Å². The number of nitrogens with two attached hydrogens (primary N) is 1. The Labute approximate surface area is 237 Å². The van der Waals surface area contributed by atoms with Crippen molar-refractivity contribution in [1.29, 1.82) is 0 Å². The summed E-state index contributed by atoms with van der Waals surface area (Å²) in [6.45, 7) is 6.01. The van der Waals surface area contributed by atoms with Gasteiger partial charge in [0.2, 0.25) is 5.88 Å². The zero-order chi connectivity index (χ0) is 28.6. The van der Waals surface area contributed by atoms with Crippen LogP contribution in [-0.2, 0) is 4.74 Å². The fraction of sp³-hybridized carbons (Fsp3) is 0.241. The normalized spacial score (nSPS) is 11.9. The zero-order valence-electron chi connectivity index (χ0n) is 22.1. The van der Waals surface area contributed by atoms with E-state index in [1.165, 1.54) is 13.3 Å². The Morgan fingerprint density at radius 3 is 2.36 bits per heavy atom. The summed E-state index contributed by atoms with van der Waals surface area (Å²) in [7, 11) is 1.45. The third kappa shape index (κ3) is 7.59. The lowest BCUT2D eigenvalue weighted by atomic mass is 9.97. The van der Waals surface area contributed by atoms with Crippen LogP contribution in [0.3, 0.4) is 0 Å². The molecule has 0 aliphatic carbocycles. The van der Waals surface area contributed by atoms with Crippen LogP contribution in [0.15, 0.2) is 59.7 Å². The first-order valence-electron chi connectivity index (χ1n) is 12.1. The lowest BCUT2D eigenvalue weighted by Crippen LogP contribution is -2.33. The summed E-state index contributed by atoms with van der Waals surface area (Å²) in [6, 6.07) is 14.4. The molecule has 0 radical (unpaired) electrons. The van der Waals surface area contributed by atoms with Crippen LogP contribution < -0.4 is 15.8 Å². The summed E-state index contributed by atoms with van der Waals surface area (Å²) in [5, 5.41) is 3.53. The Bertz CT molecular complexity index is 1410. The van der Waals surface area contributed by atoms with Crippen LogP contribution in [-0.4, -0.2) is 49.4 Å². The minimum Gasteiger partial charge on any atom is -0.480 e. The van der Waals surface area contributed by atoms with Gasteiger partial charge in [0.05, 0.1) is 35.0 Å². The fourth-order valence-corrected chi connectivity index (χ4v) is 4.32. The number of hydrogen-bond donors (Lipinski definition) is 2. The van der Waals surface area contributed by atoms with E-state index in [1.54, 1.807) is 39.1 Å². The number of aliphatic imine (C=N–C) groups is 1.